The van der Waals surface area contributed by atoms with E-state index in [4.69, 9.17) is 9.72 Å². The summed E-state index contributed by atoms with van der Waals surface area (Å²) in [6.07, 6.45) is 1.13. The minimum atomic E-state index is 0.595. The molecule has 24 heavy (non-hydrogen) atoms. The molecule has 0 saturated carbocycles. The Morgan fingerprint density at radius 1 is 1.42 bits per heavy atom. The standard InChI is InChI=1S/C18H24N4OS/c1-19-18(22(2)11-14-8-9-23-12-14)20-10-17-21-16(13-24-17)15-6-4-3-5-7-15/h3-7,13-14H,8-12H2,1-2H3,(H,19,20). The van der Waals surface area contributed by atoms with E-state index < -0.39 is 0 Å². The summed E-state index contributed by atoms with van der Waals surface area (Å²) in [7, 11) is 3.89. The van der Waals surface area contributed by atoms with E-state index in [1.165, 1.54) is 0 Å². The van der Waals surface area contributed by atoms with Crippen LogP contribution in [0.15, 0.2) is 40.7 Å². The molecule has 5 nitrogen and oxygen atoms in total. The molecule has 2 heterocycles. The van der Waals surface area contributed by atoms with E-state index in [1.54, 1.807) is 11.3 Å². The molecule has 0 amide bonds. The van der Waals surface area contributed by atoms with Gasteiger partial charge >= 0.3 is 0 Å². The van der Waals surface area contributed by atoms with Crippen molar-refractivity contribution in [1.29, 1.82) is 0 Å². The Hall–Kier alpha value is -1.92. The normalized spacial score (nSPS) is 17.9. The van der Waals surface area contributed by atoms with Crippen LogP contribution in [0.25, 0.3) is 11.3 Å². The largest absolute Gasteiger partial charge is 0.381 e. The number of aromatic nitrogens is 1. The van der Waals surface area contributed by atoms with E-state index >= 15 is 0 Å². The Balaban J connectivity index is 1.55. The molecule has 1 N–H and O–H groups in total. The average molecular weight is 344 g/mol. The highest BCUT2D eigenvalue weighted by Crippen LogP contribution is 2.21. The highest BCUT2D eigenvalue weighted by Gasteiger charge is 2.19. The van der Waals surface area contributed by atoms with Gasteiger partial charge in [-0.1, -0.05) is 30.3 Å². The van der Waals surface area contributed by atoms with Crippen LogP contribution in [0.4, 0.5) is 0 Å². The molecule has 1 aliphatic heterocycles. The summed E-state index contributed by atoms with van der Waals surface area (Å²) in [6.45, 7) is 3.39. The molecule has 1 unspecified atom stereocenters. The Kier molecular flexibility index (Phi) is 5.82. The topological polar surface area (TPSA) is 49.8 Å². The van der Waals surface area contributed by atoms with Gasteiger partial charge in [0.2, 0.25) is 0 Å². The van der Waals surface area contributed by atoms with Gasteiger partial charge in [-0.05, 0) is 6.42 Å². The molecular formula is C18H24N4OS. The van der Waals surface area contributed by atoms with Crippen molar-refractivity contribution in [1.82, 2.24) is 15.2 Å². The van der Waals surface area contributed by atoms with Gasteiger partial charge in [0.1, 0.15) is 5.01 Å². The first kappa shape index (κ1) is 16.9. The quantitative estimate of drug-likeness (QED) is 0.669. The summed E-state index contributed by atoms with van der Waals surface area (Å²) in [5.41, 5.74) is 2.19. The van der Waals surface area contributed by atoms with Crippen LogP contribution in [0.3, 0.4) is 0 Å². The van der Waals surface area contributed by atoms with Crippen LogP contribution >= 0.6 is 11.3 Å². The summed E-state index contributed by atoms with van der Waals surface area (Å²) in [6, 6.07) is 10.3. The average Bonchev–Trinajstić information content (AvgIpc) is 3.28. The third-order valence-corrected chi connectivity index (χ3v) is 5.00. The minimum Gasteiger partial charge on any atom is -0.381 e. The molecular weight excluding hydrogens is 320 g/mol. The fraction of sp³-hybridized carbons (Fsp3) is 0.444. The second kappa shape index (κ2) is 8.26. The van der Waals surface area contributed by atoms with Crippen molar-refractivity contribution in [2.45, 2.75) is 13.0 Å². The molecule has 1 atom stereocenters. The minimum absolute atomic E-state index is 0.595. The van der Waals surface area contributed by atoms with Gasteiger partial charge in [-0.3, -0.25) is 4.99 Å². The Labute approximate surface area is 147 Å². The summed E-state index contributed by atoms with van der Waals surface area (Å²) in [5, 5.41) is 6.58. The monoisotopic (exact) mass is 344 g/mol. The van der Waals surface area contributed by atoms with Crippen LogP contribution in [0, 0.1) is 5.92 Å². The number of guanidine groups is 1. The second-order valence-electron chi connectivity index (χ2n) is 6.00. The fourth-order valence-electron chi connectivity index (χ4n) is 2.87. The van der Waals surface area contributed by atoms with Crippen LogP contribution in [0.5, 0.6) is 0 Å². The Morgan fingerprint density at radius 3 is 2.96 bits per heavy atom. The maximum atomic E-state index is 5.45. The first-order chi connectivity index (χ1) is 11.8. The van der Waals surface area contributed by atoms with Crippen molar-refractivity contribution in [3.05, 3.63) is 40.7 Å². The number of hydrogen-bond donors (Lipinski definition) is 1. The van der Waals surface area contributed by atoms with Crippen molar-refractivity contribution in [3.63, 3.8) is 0 Å². The maximum absolute atomic E-state index is 5.45. The van der Waals surface area contributed by atoms with Crippen molar-refractivity contribution in [3.8, 4) is 11.3 Å². The molecule has 1 saturated heterocycles. The number of benzene rings is 1. The molecule has 1 aliphatic rings. The van der Waals surface area contributed by atoms with Gasteiger partial charge < -0.3 is 15.0 Å². The highest BCUT2D eigenvalue weighted by atomic mass is 32.1. The van der Waals surface area contributed by atoms with E-state index in [0.717, 1.165) is 48.4 Å². The van der Waals surface area contributed by atoms with Crippen LogP contribution < -0.4 is 5.32 Å². The summed E-state index contributed by atoms with van der Waals surface area (Å²) in [4.78, 5) is 11.3. The first-order valence-electron chi connectivity index (χ1n) is 8.25. The lowest BCUT2D eigenvalue weighted by Gasteiger charge is -2.24. The van der Waals surface area contributed by atoms with Crippen molar-refractivity contribution in [2.24, 2.45) is 10.9 Å². The third kappa shape index (κ3) is 4.33. The van der Waals surface area contributed by atoms with E-state index in [1.807, 2.05) is 25.2 Å². The van der Waals surface area contributed by atoms with Crippen molar-refractivity contribution < 1.29 is 4.74 Å². The molecule has 6 heteroatoms. The summed E-state index contributed by atoms with van der Waals surface area (Å²) >= 11 is 1.67. The number of rotatable bonds is 5. The van der Waals surface area contributed by atoms with Crippen molar-refractivity contribution in [2.75, 3.05) is 33.9 Å². The van der Waals surface area contributed by atoms with E-state index in [2.05, 4.69) is 39.8 Å². The number of thiazole rings is 1. The van der Waals surface area contributed by atoms with E-state index in [0.29, 0.717) is 12.5 Å². The summed E-state index contributed by atoms with van der Waals surface area (Å²) in [5.74, 6) is 1.50. The van der Waals surface area contributed by atoms with Crippen molar-refractivity contribution >= 4 is 17.3 Å². The number of ether oxygens (including phenoxy) is 1. The van der Waals surface area contributed by atoms with Crippen LogP contribution in [0.1, 0.15) is 11.4 Å². The van der Waals surface area contributed by atoms with Gasteiger partial charge in [0.25, 0.3) is 0 Å². The molecule has 2 aromatic rings. The van der Waals surface area contributed by atoms with Gasteiger partial charge in [-0.25, -0.2) is 4.98 Å². The van der Waals surface area contributed by atoms with Gasteiger partial charge in [0.05, 0.1) is 18.8 Å². The van der Waals surface area contributed by atoms with Crippen LogP contribution in [-0.2, 0) is 11.3 Å². The fourth-order valence-corrected chi connectivity index (χ4v) is 3.62. The molecule has 0 spiro atoms. The second-order valence-corrected chi connectivity index (χ2v) is 6.95. The Bertz CT molecular complexity index is 665. The van der Waals surface area contributed by atoms with Gasteiger partial charge in [0.15, 0.2) is 5.96 Å². The lowest BCUT2D eigenvalue weighted by atomic mass is 10.1. The van der Waals surface area contributed by atoms with Crippen LogP contribution in [0.2, 0.25) is 0 Å². The molecule has 1 aromatic carbocycles. The zero-order valence-corrected chi connectivity index (χ0v) is 15.1. The number of hydrogen-bond acceptors (Lipinski definition) is 4. The molecule has 1 aromatic heterocycles. The van der Waals surface area contributed by atoms with Gasteiger partial charge in [0, 0.05) is 44.1 Å². The van der Waals surface area contributed by atoms with Gasteiger partial charge in [-0.2, -0.15) is 0 Å². The lowest BCUT2D eigenvalue weighted by Crippen LogP contribution is -2.41. The van der Waals surface area contributed by atoms with Crippen LogP contribution in [-0.4, -0.2) is 49.7 Å². The number of nitrogens with one attached hydrogen (secondary N) is 1. The highest BCUT2D eigenvalue weighted by molar-refractivity contribution is 7.09. The molecule has 0 aliphatic carbocycles. The molecule has 128 valence electrons. The zero-order chi connectivity index (χ0) is 16.8. The smallest absolute Gasteiger partial charge is 0.193 e. The maximum Gasteiger partial charge on any atom is 0.193 e. The zero-order valence-electron chi connectivity index (χ0n) is 14.2. The first-order valence-corrected chi connectivity index (χ1v) is 9.13. The Morgan fingerprint density at radius 2 is 2.25 bits per heavy atom. The molecule has 3 rings (SSSR count). The molecule has 0 radical (unpaired) electrons. The lowest BCUT2D eigenvalue weighted by molar-refractivity contribution is 0.181. The third-order valence-electron chi connectivity index (χ3n) is 4.15. The summed E-state index contributed by atoms with van der Waals surface area (Å²) < 4.78 is 5.45. The predicted octanol–water partition coefficient (Wildman–Crippen LogP) is 2.85. The van der Waals surface area contributed by atoms with Gasteiger partial charge in [-0.15, -0.1) is 11.3 Å². The van der Waals surface area contributed by atoms with E-state index in [-0.39, 0.29) is 0 Å². The molecule has 0 bridgehead atoms. The number of aliphatic imine (C=N–C) groups is 1. The molecule has 1 fully saturated rings. The number of nitrogens with zero attached hydrogens (tertiary/aromatic N) is 3. The van der Waals surface area contributed by atoms with E-state index in [9.17, 15) is 0 Å². The predicted molar refractivity (Wildman–Crippen MR) is 99.3 cm³/mol. The SMILES string of the molecule is CN=C(NCc1nc(-c2ccccc2)cs1)N(C)CC1CCOC1.